The van der Waals surface area contributed by atoms with E-state index in [1.54, 1.807) is 14.2 Å². The summed E-state index contributed by atoms with van der Waals surface area (Å²) in [4.78, 5) is 0. The first kappa shape index (κ1) is 23.8. The van der Waals surface area contributed by atoms with Gasteiger partial charge in [-0.25, -0.2) is 0 Å². The second kappa shape index (κ2) is 8.03. The number of hydrogen-bond acceptors (Lipinski definition) is 6. The summed E-state index contributed by atoms with van der Waals surface area (Å²) in [6, 6.07) is 0. The lowest BCUT2D eigenvalue weighted by atomic mass is 11.8. The van der Waals surface area contributed by atoms with Gasteiger partial charge in [-0.1, -0.05) is 0 Å². The fourth-order valence-electron chi connectivity index (χ4n) is 2.51. The Labute approximate surface area is 148 Å². The van der Waals surface area contributed by atoms with Crippen LogP contribution >= 0.6 is 0 Å². The van der Waals surface area contributed by atoms with E-state index in [9.17, 15) is 0 Å². The number of hydrogen-bond donors (Lipinski definition) is 0. The van der Waals surface area contributed by atoms with Crippen molar-refractivity contribution in [1.82, 2.24) is 0 Å². The van der Waals surface area contributed by atoms with E-state index in [-0.39, 0.29) is 0 Å². The van der Waals surface area contributed by atoms with E-state index in [1.807, 2.05) is 65.5 Å². The molecule has 0 amide bonds. The molecule has 11 heteroatoms. The van der Waals surface area contributed by atoms with Gasteiger partial charge in [0, 0.05) is 14.2 Å². The van der Waals surface area contributed by atoms with Gasteiger partial charge in [0.1, 0.15) is 0 Å². The molecule has 0 bridgehead atoms. The topological polar surface area (TPSA) is 55.4 Å². The van der Waals surface area contributed by atoms with E-state index in [4.69, 9.17) is 25.3 Å². The molecule has 0 aliphatic heterocycles. The van der Waals surface area contributed by atoms with Gasteiger partial charge in [0.15, 0.2) is 0 Å². The summed E-state index contributed by atoms with van der Waals surface area (Å²) in [6.07, 6.45) is 0. The van der Waals surface area contributed by atoms with Crippen molar-refractivity contribution in [2.45, 2.75) is 65.5 Å². The van der Waals surface area contributed by atoms with Crippen LogP contribution in [0.15, 0.2) is 0 Å². The smallest absolute Gasteiger partial charge is 0.322 e. The maximum Gasteiger partial charge on any atom is 0.322 e. The Morgan fingerprint density at radius 2 is 0.522 bits per heavy atom. The molecule has 0 aliphatic carbocycles. The Hall–Kier alpha value is 0.844. The summed E-state index contributed by atoms with van der Waals surface area (Å²) < 4.78 is 36.1. The quantitative estimate of drug-likeness (QED) is 0.504. The molecule has 0 radical (unpaired) electrons. The van der Waals surface area contributed by atoms with Crippen LogP contribution in [0.3, 0.4) is 0 Å². The van der Waals surface area contributed by atoms with Gasteiger partial charge in [-0.15, -0.1) is 0 Å². The summed E-state index contributed by atoms with van der Waals surface area (Å²) in [5, 5.41) is 0. The minimum Gasteiger partial charge on any atom is -0.416 e. The van der Waals surface area contributed by atoms with Gasteiger partial charge in [0.25, 0.3) is 0 Å². The van der Waals surface area contributed by atoms with Crippen molar-refractivity contribution in [3.8, 4) is 0 Å². The SMILES string of the molecule is CO[Si](C)(C)O[Si](C)(C)O[Si](C)(C)O[Si](C)(C)O[Si](C)(C)OC. The van der Waals surface area contributed by atoms with Crippen LogP contribution < -0.4 is 0 Å². The van der Waals surface area contributed by atoms with Crippen molar-refractivity contribution in [1.29, 1.82) is 0 Å². The molecule has 0 aromatic carbocycles. The van der Waals surface area contributed by atoms with Gasteiger partial charge in [-0.2, -0.15) is 0 Å². The average molecular weight is 417 g/mol. The van der Waals surface area contributed by atoms with Crippen LogP contribution in [0.4, 0.5) is 0 Å². The van der Waals surface area contributed by atoms with Crippen molar-refractivity contribution in [3.05, 3.63) is 0 Å². The Bertz CT molecular complexity index is 352. The molecule has 0 unspecified atom stereocenters. The van der Waals surface area contributed by atoms with E-state index in [0.29, 0.717) is 0 Å². The molecule has 0 rings (SSSR count). The van der Waals surface area contributed by atoms with Crippen molar-refractivity contribution >= 4 is 42.8 Å². The van der Waals surface area contributed by atoms with Gasteiger partial charge >= 0.3 is 42.8 Å². The van der Waals surface area contributed by atoms with Crippen molar-refractivity contribution in [2.24, 2.45) is 0 Å². The maximum absolute atomic E-state index is 6.36. The zero-order valence-corrected chi connectivity index (χ0v) is 21.9. The van der Waals surface area contributed by atoms with E-state index >= 15 is 0 Å². The summed E-state index contributed by atoms with van der Waals surface area (Å²) in [6.45, 7) is 20.4. The molecule has 0 aromatic heterocycles. The van der Waals surface area contributed by atoms with E-state index in [2.05, 4.69) is 0 Å². The molecular formula is C12H36O6Si5. The molecule has 0 fully saturated rings. The van der Waals surface area contributed by atoms with E-state index in [1.165, 1.54) is 0 Å². The standard InChI is InChI=1S/C12H36O6Si5/c1-13-19(3,4)15-21(7,8)17-23(11,12)18-22(9,10)16-20(5,6)14-2/h1-12H3. The molecule has 0 aromatic rings. The Balaban J connectivity index is 4.93. The fourth-order valence-corrected chi connectivity index (χ4v) is 23.7. The van der Waals surface area contributed by atoms with Crippen molar-refractivity contribution in [2.75, 3.05) is 14.2 Å². The second-order valence-electron chi connectivity index (χ2n) is 7.82. The van der Waals surface area contributed by atoms with Crippen LogP contribution in [0.1, 0.15) is 0 Å². The van der Waals surface area contributed by atoms with Gasteiger partial charge in [-0.3, -0.25) is 0 Å². The minimum absolute atomic E-state index is 1.69. The minimum atomic E-state index is -2.39. The highest BCUT2D eigenvalue weighted by atomic mass is 28.5. The summed E-state index contributed by atoms with van der Waals surface area (Å²) in [5.41, 5.74) is 0. The number of rotatable bonds is 10. The first-order valence-corrected chi connectivity index (χ1v) is 21.9. The molecule has 23 heavy (non-hydrogen) atoms. The zero-order valence-electron chi connectivity index (χ0n) is 16.9. The molecule has 0 heterocycles. The second-order valence-corrected chi connectivity index (χ2v) is 25.9. The molecule has 0 spiro atoms. The van der Waals surface area contributed by atoms with Crippen LogP contribution in [-0.2, 0) is 25.3 Å². The fraction of sp³-hybridized carbons (Fsp3) is 1.00. The zero-order chi connectivity index (χ0) is 18.7. The highest BCUT2D eigenvalue weighted by Gasteiger charge is 2.46. The van der Waals surface area contributed by atoms with Crippen LogP contribution in [0.2, 0.25) is 65.5 Å². The highest BCUT2D eigenvalue weighted by molar-refractivity contribution is 6.89. The molecule has 0 atom stereocenters. The van der Waals surface area contributed by atoms with Gasteiger partial charge in [0.2, 0.25) is 0 Å². The molecule has 6 nitrogen and oxygen atoms in total. The van der Waals surface area contributed by atoms with Crippen molar-refractivity contribution < 1.29 is 25.3 Å². The lowest BCUT2D eigenvalue weighted by Crippen LogP contribution is -2.59. The van der Waals surface area contributed by atoms with E-state index in [0.717, 1.165) is 0 Å². The molecule has 0 N–H and O–H groups in total. The molecule has 0 aliphatic rings. The van der Waals surface area contributed by atoms with Crippen molar-refractivity contribution in [3.63, 3.8) is 0 Å². The Morgan fingerprint density at radius 3 is 0.696 bits per heavy atom. The van der Waals surface area contributed by atoms with Gasteiger partial charge < -0.3 is 25.3 Å². The molecule has 0 saturated heterocycles. The Kier molecular flexibility index (Phi) is 8.32. The predicted octanol–water partition coefficient (Wildman–Crippen LogP) is 3.85. The third-order valence-corrected chi connectivity index (χ3v) is 20.6. The average Bonchev–Trinajstić information content (AvgIpc) is 2.22. The predicted molar refractivity (Wildman–Crippen MR) is 106 cm³/mol. The summed E-state index contributed by atoms with van der Waals surface area (Å²) in [7, 11) is -7.98. The van der Waals surface area contributed by atoms with Crippen LogP contribution in [0.5, 0.6) is 0 Å². The van der Waals surface area contributed by atoms with Gasteiger partial charge in [-0.05, 0) is 65.5 Å². The normalized spacial score (nSPS) is 15.1. The van der Waals surface area contributed by atoms with Crippen LogP contribution in [0, 0.1) is 0 Å². The first-order chi connectivity index (χ1) is 9.95. The lowest BCUT2D eigenvalue weighted by Gasteiger charge is -2.41. The summed E-state index contributed by atoms with van der Waals surface area (Å²) in [5.74, 6) is 0. The van der Waals surface area contributed by atoms with E-state index < -0.39 is 42.8 Å². The Morgan fingerprint density at radius 1 is 0.348 bits per heavy atom. The molecular weight excluding hydrogens is 381 g/mol. The highest BCUT2D eigenvalue weighted by Crippen LogP contribution is 2.26. The third kappa shape index (κ3) is 10.4. The first-order valence-electron chi connectivity index (χ1n) is 7.86. The monoisotopic (exact) mass is 416 g/mol. The van der Waals surface area contributed by atoms with Gasteiger partial charge in [0.05, 0.1) is 0 Å². The summed E-state index contributed by atoms with van der Waals surface area (Å²) >= 11 is 0. The lowest BCUT2D eigenvalue weighted by molar-refractivity contribution is 0.245. The molecule has 0 saturated carbocycles. The third-order valence-electron chi connectivity index (χ3n) is 2.95. The van der Waals surface area contributed by atoms with Crippen LogP contribution in [-0.4, -0.2) is 57.0 Å². The largest absolute Gasteiger partial charge is 0.416 e. The maximum atomic E-state index is 6.36. The van der Waals surface area contributed by atoms with Crippen LogP contribution in [0.25, 0.3) is 0 Å². The molecule has 140 valence electrons.